The molecule has 1 atom stereocenters. The van der Waals surface area contributed by atoms with Crippen molar-refractivity contribution in [1.82, 2.24) is 4.90 Å². The zero-order chi connectivity index (χ0) is 14.1. The summed E-state index contributed by atoms with van der Waals surface area (Å²) in [5.41, 5.74) is 0.393. The maximum Gasteiger partial charge on any atom is 0.0433 e. The first-order chi connectivity index (χ1) is 9.01. The van der Waals surface area contributed by atoms with E-state index in [0.29, 0.717) is 17.9 Å². The molecule has 0 radical (unpaired) electrons. The lowest BCUT2D eigenvalue weighted by Crippen LogP contribution is -2.33. The monoisotopic (exact) mass is 287 g/mol. The predicted octanol–water partition coefficient (Wildman–Crippen LogP) is 3.64. The quantitative estimate of drug-likeness (QED) is 0.690. The maximum atomic E-state index is 9.18. The van der Waals surface area contributed by atoms with Crippen LogP contribution in [0.2, 0.25) is 0 Å². The van der Waals surface area contributed by atoms with E-state index in [1.165, 1.54) is 56.8 Å². The van der Waals surface area contributed by atoms with Crippen LogP contribution < -0.4 is 0 Å². The van der Waals surface area contributed by atoms with Crippen molar-refractivity contribution in [2.75, 3.05) is 37.7 Å². The largest absolute Gasteiger partial charge is 0.396 e. The zero-order valence-electron chi connectivity index (χ0n) is 13.2. The van der Waals surface area contributed by atoms with Crippen LogP contribution in [0.5, 0.6) is 0 Å². The van der Waals surface area contributed by atoms with E-state index >= 15 is 0 Å². The number of hydrogen-bond acceptors (Lipinski definition) is 3. The van der Waals surface area contributed by atoms with Crippen molar-refractivity contribution in [2.24, 2.45) is 11.3 Å². The van der Waals surface area contributed by atoms with Crippen LogP contribution in [0.3, 0.4) is 0 Å². The summed E-state index contributed by atoms with van der Waals surface area (Å²) in [6, 6.07) is 0. The van der Waals surface area contributed by atoms with Gasteiger partial charge in [0.2, 0.25) is 0 Å². The predicted molar refractivity (Wildman–Crippen MR) is 86.9 cm³/mol. The SMILES string of the molecule is CC(C)(C)C[C@@H](CCO)CCCCN1CCSCC1. The van der Waals surface area contributed by atoms with E-state index < -0.39 is 0 Å². The van der Waals surface area contributed by atoms with E-state index in [-0.39, 0.29) is 0 Å². The highest BCUT2D eigenvalue weighted by atomic mass is 32.2. The number of aliphatic hydroxyl groups excluding tert-OH is 1. The molecule has 19 heavy (non-hydrogen) atoms. The number of rotatable bonds is 8. The summed E-state index contributed by atoms with van der Waals surface area (Å²) in [7, 11) is 0. The van der Waals surface area contributed by atoms with Gasteiger partial charge in [-0.15, -0.1) is 0 Å². The average molecular weight is 288 g/mol. The van der Waals surface area contributed by atoms with Gasteiger partial charge in [-0.3, -0.25) is 0 Å². The van der Waals surface area contributed by atoms with Gasteiger partial charge in [-0.1, -0.05) is 33.6 Å². The molecule has 1 heterocycles. The number of nitrogens with zero attached hydrogens (tertiary/aromatic N) is 1. The van der Waals surface area contributed by atoms with Gasteiger partial charge in [0.25, 0.3) is 0 Å². The minimum absolute atomic E-state index is 0.351. The normalized spacial score (nSPS) is 19.6. The van der Waals surface area contributed by atoms with Gasteiger partial charge < -0.3 is 10.0 Å². The van der Waals surface area contributed by atoms with E-state index in [1.807, 2.05) is 0 Å². The Morgan fingerprint density at radius 3 is 2.37 bits per heavy atom. The highest BCUT2D eigenvalue weighted by Gasteiger charge is 2.18. The molecule has 0 unspecified atom stereocenters. The molecular weight excluding hydrogens is 254 g/mol. The fourth-order valence-electron chi connectivity index (χ4n) is 2.99. The van der Waals surface area contributed by atoms with E-state index in [2.05, 4.69) is 37.4 Å². The smallest absolute Gasteiger partial charge is 0.0433 e. The van der Waals surface area contributed by atoms with Crippen molar-refractivity contribution in [3.8, 4) is 0 Å². The van der Waals surface area contributed by atoms with Crippen molar-refractivity contribution in [2.45, 2.75) is 52.9 Å². The first-order valence-electron chi connectivity index (χ1n) is 7.92. The van der Waals surface area contributed by atoms with E-state index in [4.69, 9.17) is 0 Å². The summed E-state index contributed by atoms with van der Waals surface area (Å²) in [6.07, 6.45) is 6.17. The van der Waals surface area contributed by atoms with Gasteiger partial charge in [-0.25, -0.2) is 0 Å². The lowest BCUT2D eigenvalue weighted by Gasteiger charge is -2.27. The van der Waals surface area contributed by atoms with Crippen molar-refractivity contribution in [3.63, 3.8) is 0 Å². The second-order valence-corrected chi connectivity index (χ2v) is 8.32. The summed E-state index contributed by atoms with van der Waals surface area (Å²) in [4.78, 5) is 2.61. The van der Waals surface area contributed by atoms with Crippen LogP contribution in [0.15, 0.2) is 0 Å². The molecule has 1 aliphatic heterocycles. The molecule has 1 saturated heterocycles. The highest BCUT2D eigenvalue weighted by molar-refractivity contribution is 7.99. The summed E-state index contributed by atoms with van der Waals surface area (Å²) >= 11 is 2.09. The molecule has 0 aromatic rings. The van der Waals surface area contributed by atoms with Crippen molar-refractivity contribution in [3.05, 3.63) is 0 Å². The van der Waals surface area contributed by atoms with Gasteiger partial charge >= 0.3 is 0 Å². The Bertz CT molecular complexity index is 221. The third kappa shape index (κ3) is 8.93. The second kappa shape index (κ2) is 9.25. The number of thioether (sulfide) groups is 1. The zero-order valence-corrected chi connectivity index (χ0v) is 14.0. The van der Waals surface area contributed by atoms with Gasteiger partial charge in [0.05, 0.1) is 0 Å². The lowest BCUT2D eigenvalue weighted by atomic mass is 9.81. The minimum Gasteiger partial charge on any atom is -0.396 e. The molecule has 0 aliphatic carbocycles. The summed E-state index contributed by atoms with van der Waals surface area (Å²) in [6.45, 7) is 11.1. The highest BCUT2D eigenvalue weighted by Crippen LogP contribution is 2.29. The van der Waals surface area contributed by atoms with Crippen molar-refractivity contribution >= 4 is 11.8 Å². The van der Waals surface area contributed by atoms with Crippen LogP contribution in [-0.2, 0) is 0 Å². The van der Waals surface area contributed by atoms with Crippen LogP contribution in [0.25, 0.3) is 0 Å². The Labute approximate surface area is 124 Å². The van der Waals surface area contributed by atoms with E-state index in [0.717, 1.165) is 6.42 Å². The molecule has 2 nitrogen and oxygen atoms in total. The molecular formula is C16H33NOS. The van der Waals surface area contributed by atoms with Crippen molar-refractivity contribution < 1.29 is 5.11 Å². The van der Waals surface area contributed by atoms with Crippen LogP contribution in [0.4, 0.5) is 0 Å². The van der Waals surface area contributed by atoms with Gasteiger partial charge in [-0.2, -0.15) is 11.8 Å². The molecule has 0 bridgehead atoms. The average Bonchev–Trinajstić information content (AvgIpc) is 2.34. The number of hydrogen-bond donors (Lipinski definition) is 1. The topological polar surface area (TPSA) is 23.5 Å². The first kappa shape index (κ1) is 17.3. The fraction of sp³-hybridized carbons (Fsp3) is 1.00. The fourth-order valence-corrected chi connectivity index (χ4v) is 3.97. The molecule has 114 valence electrons. The Hall–Kier alpha value is 0.270. The maximum absolute atomic E-state index is 9.18. The second-order valence-electron chi connectivity index (χ2n) is 7.09. The molecule has 1 rings (SSSR count). The van der Waals surface area contributed by atoms with Gasteiger partial charge in [0.15, 0.2) is 0 Å². The molecule has 1 fully saturated rings. The molecule has 0 saturated carbocycles. The van der Waals surface area contributed by atoms with Gasteiger partial charge in [-0.05, 0) is 37.1 Å². The molecule has 1 N–H and O–H groups in total. The molecule has 0 amide bonds. The first-order valence-corrected chi connectivity index (χ1v) is 9.08. The van der Waals surface area contributed by atoms with E-state index in [9.17, 15) is 5.11 Å². The molecule has 0 aromatic carbocycles. The van der Waals surface area contributed by atoms with Gasteiger partial charge in [0.1, 0.15) is 0 Å². The Kier molecular flexibility index (Phi) is 8.43. The molecule has 0 aromatic heterocycles. The Morgan fingerprint density at radius 2 is 1.79 bits per heavy atom. The van der Waals surface area contributed by atoms with Crippen LogP contribution in [0, 0.1) is 11.3 Å². The molecule has 0 spiro atoms. The van der Waals surface area contributed by atoms with Crippen LogP contribution >= 0.6 is 11.8 Å². The van der Waals surface area contributed by atoms with Gasteiger partial charge in [0, 0.05) is 31.2 Å². The summed E-state index contributed by atoms with van der Waals surface area (Å²) in [5.74, 6) is 3.34. The lowest BCUT2D eigenvalue weighted by molar-refractivity contribution is 0.204. The standard InChI is InChI=1S/C16H33NOS/c1-16(2,3)14-15(7-11-18)6-4-5-8-17-9-12-19-13-10-17/h15,18H,4-14H2,1-3H3/t15-/m1/s1. The Morgan fingerprint density at radius 1 is 1.11 bits per heavy atom. The van der Waals surface area contributed by atoms with Crippen LogP contribution in [0.1, 0.15) is 52.9 Å². The minimum atomic E-state index is 0.351. The third-order valence-electron chi connectivity index (χ3n) is 3.88. The third-order valence-corrected chi connectivity index (χ3v) is 4.82. The summed E-state index contributed by atoms with van der Waals surface area (Å²) in [5, 5.41) is 9.18. The van der Waals surface area contributed by atoms with Crippen LogP contribution in [-0.4, -0.2) is 47.8 Å². The summed E-state index contributed by atoms with van der Waals surface area (Å²) < 4.78 is 0. The number of unbranched alkanes of at least 4 members (excludes halogenated alkanes) is 1. The Balaban J connectivity index is 2.13. The molecule has 1 aliphatic rings. The molecule has 3 heteroatoms. The van der Waals surface area contributed by atoms with E-state index in [1.54, 1.807) is 0 Å². The van der Waals surface area contributed by atoms with Crippen molar-refractivity contribution in [1.29, 1.82) is 0 Å². The number of aliphatic hydroxyl groups is 1.